The molecule has 0 spiro atoms. The first-order chi connectivity index (χ1) is 9.04. The first kappa shape index (κ1) is 15.0. The summed E-state index contributed by atoms with van der Waals surface area (Å²) in [7, 11) is 0. The smallest absolute Gasteiger partial charge is 0.398 e. The third kappa shape index (κ3) is 2.44. The number of alkyl halides is 3. The van der Waals surface area contributed by atoms with Crippen LogP contribution in [0.5, 0.6) is 0 Å². The highest BCUT2D eigenvalue weighted by Crippen LogP contribution is 2.40. The number of hydrogen-bond donors (Lipinski definition) is 1. The lowest BCUT2D eigenvalue weighted by molar-refractivity contribution is -0.187. The lowest BCUT2D eigenvalue weighted by Gasteiger charge is -2.40. The largest absolute Gasteiger partial charge is 0.471 e. The summed E-state index contributed by atoms with van der Waals surface area (Å²) in [6.07, 6.45) is -4.89. The van der Waals surface area contributed by atoms with Gasteiger partial charge in [-0.3, -0.25) is 4.79 Å². The van der Waals surface area contributed by atoms with Crippen molar-refractivity contribution in [1.82, 2.24) is 4.90 Å². The fraction of sp³-hybridized carbons (Fsp3) is 0.462. The Morgan fingerprint density at radius 3 is 2.55 bits per heavy atom. The summed E-state index contributed by atoms with van der Waals surface area (Å²) in [5.41, 5.74) is 6.67. The van der Waals surface area contributed by atoms with Crippen LogP contribution in [0.1, 0.15) is 25.0 Å². The van der Waals surface area contributed by atoms with Crippen LogP contribution in [0, 0.1) is 0 Å². The summed E-state index contributed by atoms with van der Waals surface area (Å²) in [6, 6.07) is 3.39. The Balaban J connectivity index is 2.48. The average Bonchev–Trinajstić information content (AvgIpc) is 2.31. The van der Waals surface area contributed by atoms with E-state index in [4.69, 9.17) is 17.3 Å². The number of anilines is 1. The van der Waals surface area contributed by atoms with Crippen molar-refractivity contribution in [1.29, 1.82) is 0 Å². The van der Waals surface area contributed by atoms with Gasteiger partial charge in [-0.15, -0.1) is 0 Å². The molecule has 0 atom stereocenters. The lowest BCUT2D eigenvalue weighted by Crippen LogP contribution is -2.49. The minimum Gasteiger partial charge on any atom is -0.398 e. The number of fused-ring (bicyclic) bond motifs is 1. The zero-order chi connectivity index (χ0) is 15.3. The fourth-order valence-corrected chi connectivity index (χ4v) is 2.78. The SMILES string of the molecule is CC1(C)CN(C(=O)C(F)(F)F)Cc2c1ccc(N)c2Cl. The molecule has 1 aromatic carbocycles. The molecular formula is C13H14ClF3N2O. The van der Waals surface area contributed by atoms with Crippen LogP contribution in [0.15, 0.2) is 12.1 Å². The first-order valence-corrected chi connectivity index (χ1v) is 6.35. The Bertz CT molecular complexity index is 569. The normalized spacial score (nSPS) is 17.8. The van der Waals surface area contributed by atoms with Gasteiger partial charge in [0, 0.05) is 18.5 Å². The topological polar surface area (TPSA) is 46.3 Å². The highest BCUT2D eigenvalue weighted by molar-refractivity contribution is 6.34. The second-order valence-corrected chi connectivity index (χ2v) is 5.92. The van der Waals surface area contributed by atoms with Crippen LogP contribution >= 0.6 is 11.6 Å². The second kappa shape index (κ2) is 4.55. The van der Waals surface area contributed by atoms with Crippen molar-refractivity contribution in [3.63, 3.8) is 0 Å². The van der Waals surface area contributed by atoms with Gasteiger partial charge in [0.25, 0.3) is 0 Å². The van der Waals surface area contributed by atoms with Crippen molar-refractivity contribution >= 4 is 23.2 Å². The standard InChI is InChI=1S/C13H14ClF3N2O/c1-12(2)6-19(11(20)13(15,16)17)5-7-8(12)3-4-9(18)10(7)14/h3-4H,5-6,18H2,1-2H3. The molecular weight excluding hydrogens is 293 g/mol. The van der Waals surface area contributed by atoms with Gasteiger partial charge in [0.15, 0.2) is 0 Å². The monoisotopic (exact) mass is 306 g/mol. The van der Waals surface area contributed by atoms with Crippen molar-refractivity contribution in [2.24, 2.45) is 0 Å². The van der Waals surface area contributed by atoms with Crippen molar-refractivity contribution < 1.29 is 18.0 Å². The van der Waals surface area contributed by atoms with E-state index in [1.165, 1.54) is 0 Å². The summed E-state index contributed by atoms with van der Waals surface area (Å²) in [5.74, 6) is -1.85. The highest BCUT2D eigenvalue weighted by Gasteiger charge is 2.46. The van der Waals surface area contributed by atoms with Crippen LogP contribution in [-0.4, -0.2) is 23.5 Å². The predicted octanol–water partition coefficient (Wildman–Crippen LogP) is 3.10. The van der Waals surface area contributed by atoms with Gasteiger partial charge in [-0.1, -0.05) is 31.5 Å². The molecule has 0 unspecified atom stereocenters. The highest BCUT2D eigenvalue weighted by atomic mass is 35.5. The molecule has 0 fully saturated rings. The van der Waals surface area contributed by atoms with Gasteiger partial charge in [0.2, 0.25) is 0 Å². The number of hydrogen-bond acceptors (Lipinski definition) is 2. The number of nitrogens with zero attached hydrogens (tertiary/aromatic N) is 1. The maximum absolute atomic E-state index is 12.6. The van der Waals surface area contributed by atoms with Crippen LogP contribution in [-0.2, 0) is 16.8 Å². The number of rotatable bonds is 0. The first-order valence-electron chi connectivity index (χ1n) is 5.97. The zero-order valence-corrected chi connectivity index (χ0v) is 11.8. The fourth-order valence-electron chi connectivity index (χ4n) is 2.56. The van der Waals surface area contributed by atoms with Gasteiger partial charge in [-0.05, 0) is 17.2 Å². The number of halogens is 4. The van der Waals surface area contributed by atoms with E-state index in [0.29, 0.717) is 11.3 Å². The number of carbonyl (C=O) groups is 1. The molecule has 1 heterocycles. The molecule has 0 aromatic heterocycles. The van der Waals surface area contributed by atoms with E-state index in [9.17, 15) is 18.0 Å². The summed E-state index contributed by atoms with van der Waals surface area (Å²) in [4.78, 5) is 12.2. The summed E-state index contributed by atoms with van der Waals surface area (Å²) < 4.78 is 37.8. The van der Waals surface area contributed by atoms with Crippen LogP contribution < -0.4 is 5.73 Å². The van der Waals surface area contributed by atoms with E-state index in [1.807, 2.05) is 0 Å². The molecule has 1 aliphatic heterocycles. The number of nitrogens with two attached hydrogens (primary N) is 1. The third-order valence-corrected chi connectivity index (χ3v) is 3.91. The molecule has 7 heteroatoms. The van der Waals surface area contributed by atoms with Crippen LogP contribution in [0.25, 0.3) is 0 Å². The Morgan fingerprint density at radius 1 is 1.40 bits per heavy atom. The van der Waals surface area contributed by atoms with Crippen molar-refractivity contribution in [3.05, 3.63) is 28.3 Å². The molecule has 1 aromatic rings. The van der Waals surface area contributed by atoms with Gasteiger partial charge in [-0.2, -0.15) is 13.2 Å². The molecule has 0 bridgehead atoms. The number of nitrogen functional groups attached to an aromatic ring is 1. The molecule has 2 N–H and O–H groups in total. The van der Waals surface area contributed by atoms with E-state index in [-0.39, 0.29) is 18.1 Å². The van der Waals surface area contributed by atoms with Crippen molar-refractivity contribution in [2.75, 3.05) is 12.3 Å². The van der Waals surface area contributed by atoms with E-state index in [0.717, 1.165) is 10.5 Å². The molecule has 1 amide bonds. The molecule has 0 aliphatic carbocycles. The van der Waals surface area contributed by atoms with Gasteiger partial charge < -0.3 is 10.6 Å². The van der Waals surface area contributed by atoms with Crippen LogP contribution in [0.2, 0.25) is 5.02 Å². The maximum atomic E-state index is 12.6. The van der Waals surface area contributed by atoms with Gasteiger partial charge in [-0.25, -0.2) is 0 Å². The quantitative estimate of drug-likeness (QED) is 0.749. The number of benzene rings is 1. The van der Waals surface area contributed by atoms with Crippen molar-refractivity contribution in [2.45, 2.75) is 32.0 Å². The number of amides is 1. The Labute approximate surface area is 119 Å². The summed E-state index contributed by atoms with van der Waals surface area (Å²) in [5, 5.41) is 0.218. The van der Waals surface area contributed by atoms with E-state index in [1.54, 1.807) is 26.0 Å². The minimum atomic E-state index is -4.89. The maximum Gasteiger partial charge on any atom is 0.471 e. The molecule has 20 heavy (non-hydrogen) atoms. The molecule has 2 rings (SSSR count). The minimum absolute atomic E-state index is 0.0153. The second-order valence-electron chi connectivity index (χ2n) is 5.54. The van der Waals surface area contributed by atoms with Crippen LogP contribution in [0.3, 0.4) is 0 Å². The molecule has 1 aliphatic rings. The average molecular weight is 307 g/mol. The van der Waals surface area contributed by atoms with Gasteiger partial charge in [0.1, 0.15) is 0 Å². The Hall–Kier alpha value is -1.43. The van der Waals surface area contributed by atoms with Gasteiger partial charge >= 0.3 is 12.1 Å². The summed E-state index contributed by atoms with van der Waals surface area (Å²) in [6.45, 7) is 3.35. The van der Waals surface area contributed by atoms with E-state index in [2.05, 4.69) is 0 Å². The Morgan fingerprint density at radius 2 is 2.00 bits per heavy atom. The Kier molecular flexibility index (Phi) is 3.40. The molecule has 0 radical (unpaired) electrons. The van der Waals surface area contributed by atoms with E-state index < -0.39 is 17.5 Å². The molecule has 3 nitrogen and oxygen atoms in total. The zero-order valence-electron chi connectivity index (χ0n) is 11.0. The molecule has 0 saturated carbocycles. The third-order valence-electron chi connectivity index (χ3n) is 3.47. The summed E-state index contributed by atoms with van der Waals surface area (Å²) >= 11 is 6.08. The predicted molar refractivity (Wildman–Crippen MR) is 70.4 cm³/mol. The van der Waals surface area contributed by atoms with Crippen molar-refractivity contribution in [3.8, 4) is 0 Å². The van der Waals surface area contributed by atoms with Gasteiger partial charge in [0.05, 0.1) is 10.7 Å². The molecule has 0 saturated heterocycles. The van der Waals surface area contributed by atoms with Crippen LogP contribution in [0.4, 0.5) is 18.9 Å². The van der Waals surface area contributed by atoms with E-state index >= 15 is 0 Å². The lowest BCUT2D eigenvalue weighted by atomic mass is 9.78. The number of carbonyl (C=O) groups excluding carboxylic acids is 1. The molecule has 110 valence electrons.